The Kier molecular flexibility index (Phi) is 2.57. The summed E-state index contributed by atoms with van der Waals surface area (Å²) in [5.41, 5.74) is 0. The zero-order valence-corrected chi connectivity index (χ0v) is 6.37. The predicted octanol–water partition coefficient (Wildman–Crippen LogP) is 0.939. The first kappa shape index (κ1) is 8.45. The van der Waals surface area contributed by atoms with Crippen molar-refractivity contribution in [2.45, 2.75) is 0 Å². The molecule has 12 heavy (non-hydrogen) atoms. The normalized spacial score (nSPS) is 9.17. The van der Waals surface area contributed by atoms with Gasteiger partial charge in [-0.2, -0.15) is 0 Å². The van der Waals surface area contributed by atoms with Crippen molar-refractivity contribution in [3.8, 4) is 5.88 Å². The standard InChI is InChI=1S/C7H7FN2O2/c1-9-7(11)12-6-3-2-5(8)4-10-6/h2-4H,1H3,(H,9,11). The third kappa shape index (κ3) is 2.19. The molecule has 0 fully saturated rings. The molecule has 0 radical (unpaired) electrons. The van der Waals surface area contributed by atoms with Gasteiger partial charge in [0.1, 0.15) is 5.82 Å². The highest BCUT2D eigenvalue weighted by Crippen LogP contribution is 2.05. The molecule has 0 unspecified atom stereocenters. The molecule has 64 valence electrons. The molecule has 1 aromatic rings. The van der Waals surface area contributed by atoms with Gasteiger partial charge in [0.15, 0.2) is 0 Å². The van der Waals surface area contributed by atoms with E-state index >= 15 is 0 Å². The highest BCUT2D eigenvalue weighted by atomic mass is 19.1. The van der Waals surface area contributed by atoms with E-state index in [1.165, 1.54) is 13.1 Å². The Labute approximate surface area is 68.4 Å². The minimum absolute atomic E-state index is 0.0655. The van der Waals surface area contributed by atoms with E-state index in [9.17, 15) is 9.18 Å². The molecule has 1 N–H and O–H groups in total. The third-order valence-corrected chi connectivity index (χ3v) is 1.10. The van der Waals surface area contributed by atoms with Crippen molar-refractivity contribution in [2.24, 2.45) is 0 Å². The fraction of sp³-hybridized carbons (Fsp3) is 0.143. The molecule has 0 aliphatic heterocycles. The van der Waals surface area contributed by atoms with E-state index in [0.717, 1.165) is 12.3 Å². The monoisotopic (exact) mass is 170 g/mol. The van der Waals surface area contributed by atoms with Crippen molar-refractivity contribution in [3.63, 3.8) is 0 Å². The first-order valence-corrected chi connectivity index (χ1v) is 3.23. The number of carbonyl (C=O) groups is 1. The van der Waals surface area contributed by atoms with Crippen molar-refractivity contribution in [1.82, 2.24) is 10.3 Å². The van der Waals surface area contributed by atoms with E-state index in [0.29, 0.717) is 0 Å². The second-order valence-electron chi connectivity index (χ2n) is 1.95. The fourth-order valence-corrected chi connectivity index (χ4v) is 0.569. The summed E-state index contributed by atoms with van der Waals surface area (Å²) in [6, 6.07) is 2.43. The maximum atomic E-state index is 12.3. The number of carbonyl (C=O) groups excluding carboxylic acids is 1. The summed E-state index contributed by atoms with van der Waals surface area (Å²) in [5, 5.41) is 2.23. The Hall–Kier alpha value is -1.65. The van der Waals surface area contributed by atoms with Gasteiger partial charge in [0.25, 0.3) is 0 Å². The average Bonchev–Trinajstić information content (AvgIpc) is 2.09. The second-order valence-corrected chi connectivity index (χ2v) is 1.95. The molecule has 5 heteroatoms. The van der Waals surface area contributed by atoms with Crippen molar-refractivity contribution in [1.29, 1.82) is 0 Å². The maximum absolute atomic E-state index is 12.3. The van der Waals surface area contributed by atoms with Crippen LogP contribution in [0, 0.1) is 5.82 Å². The number of rotatable bonds is 1. The van der Waals surface area contributed by atoms with E-state index in [1.807, 2.05) is 0 Å². The van der Waals surface area contributed by atoms with Crippen molar-refractivity contribution in [2.75, 3.05) is 7.05 Å². The quantitative estimate of drug-likeness (QED) is 0.682. The number of pyridine rings is 1. The van der Waals surface area contributed by atoms with Crippen LogP contribution >= 0.6 is 0 Å². The van der Waals surface area contributed by atoms with Crippen LogP contribution in [0.1, 0.15) is 0 Å². The number of aromatic nitrogens is 1. The lowest BCUT2D eigenvalue weighted by molar-refractivity contribution is 0.201. The summed E-state index contributed by atoms with van der Waals surface area (Å²) >= 11 is 0. The van der Waals surface area contributed by atoms with Crippen LogP contribution < -0.4 is 10.1 Å². The van der Waals surface area contributed by atoms with Crippen LogP contribution in [0.4, 0.5) is 9.18 Å². The van der Waals surface area contributed by atoms with Gasteiger partial charge in [0, 0.05) is 13.1 Å². The minimum Gasteiger partial charge on any atom is -0.391 e. The van der Waals surface area contributed by atoms with Gasteiger partial charge in [-0.05, 0) is 6.07 Å². The van der Waals surface area contributed by atoms with E-state index in [1.54, 1.807) is 0 Å². The van der Waals surface area contributed by atoms with E-state index in [-0.39, 0.29) is 5.88 Å². The molecule has 1 rings (SSSR count). The number of ether oxygens (including phenoxy) is 1. The van der Waals surface area contributed by atoms with Gasteiger partial charge in [-0.15, -0.1) is 0 Å². The SMILES string of the molecule is CNC(=O)Oc1ccc(F)cn1. The molecule has 0 bridgehead atoms. The lowest BCUT2D eigenvalue weighted by Crippen LogP contribution is -2.22. The van der Waals surface area contributed by atoms with Crippen molar-refractivity contribution >= 4 is 6.09 Å². The second kappa shape index (κ2) is 3.66. The molecular formula is C7H7FN2O2. The Morgan fingerprint density at radius 2 is 2.42 bits per heavy atom. The number of halogens is 1. The Morgan fingerprint density at radius 3 is 2.92 bits per heavy atom. The molecule has 1 heterocycles. The molecule has 0 saturated heterocycles. The fourth-order valence-electron chi connectivity index (χ4n) is 0.569. The van der Waals surface area contributed by atoms with Gasteiger partial charge in [0.05, 0.1) is 6.20 Å². The van der Waals surface area contributed by atoms with Gasteiger partial charge in [-0.1, -0.05) is 0 Å². The molecule has 4 nitrogen and oxygen atoms in total. The van der Waals surface area contributed by atoms with Crippen LogP contribution in [0.25, 0.3) is 0 Å². The van der Waals surface area contributed by atoms with Crippen molar-refractivity contribution < 1.29 is 13.9 Å². The highest BCUT2D eigenvalue weighted by Gasteiger charge is 2.01. The first-order chi connectivity index (χ1) is 5.72. The average molecular weight is 170 g/mol. The molecule has 0 aromatic carbocycles. The van der Waals surface area contributed by atoms with Crippen LogP contribution in [0.3, 0.4) is 0 Å². The molecule has 0 aliphatic carbocycles. The molecule has 0 spiro atoms. The lowest BCUT2D eigenvalue weighted by Gasteiger charge is -2.00. The van der Waals surface area contributed by atoms with Crippen LogP contribution in [-0.4, -0.2) is 18.1 Å². The highest BCUT2D eigenvalue weighted by molar-refractivity contribution is 5.69. The predicted molar refractivity (Wildman–Crippen MR) is 39.3 cm³/mol. The summed E-state index contributed by atoms with van der Waals surface area (Å²) in [5.74, 6) is -0.407. The Morgan fingerprint density at radius 1 is 1.67 bits per heavy atom. The number of amides is 1. The van der Waals surface area contributed by atoms with E-state index < -0.39 is 11.9 Å². The van der Waals surface area contributed by atoms with E-state index in [4.69, 9.17) is 0 Å². The smallest absolute Gasteiger partial charge is 0.391 e. The van der Waals surface area contributed by atoms with Crippen LogP contribution in [-0.2, 0) is 0 Å². The molecule has 0 saturated carbocycles. The molecule has 0 atom stereocenters. The maximum Gasteiger partial charge on any atom is 0.413 e. The third-order valence-electron chi connectivity index (χ3n) is 1.10. The zero-order valence-electron chi connectivity index (χ0n) is 6.37. The van der Waals surface area contributed by atoms with Gasteiger partial charge < -0.3 is 10.1 Å². The number of hydrogen-bond acceptors (Lipinski definition) is 3. The zero-order chi connectivity index (χ0) is 8.97. The van der Waals surface area contributed by atoms with Crippen LogP contribution in [0.5, 0.6) is 5.88 Å². The van der Waals surface area contributed by atoms with Crippen molar-refractivity contribution in [3.05, 3.63) is 24.1 Å². The number of hydrogen-bond donors (Lipinski definition) is 1. The lowest BCUT2D eigenvalue weighted by atomic mass is 10.5. The summed E-state index contributed by atoms with van der Waals surface area (Å²) < 4.78 is 16.9. The van der Waals surface area contributed by atoms with Crippen LogP contribution in [0.2, 0.25) is 0 Å². The Balaban J connectivity index is 2.64. The van der Waals surface area contributed by atoms with Gasteiger partial charge in [-0.25, -0.2) is 14.2 Å². The molecule has 0 aliphatic rings. The molecular weight excluding hydrogens is 163 g/mol. The molecule has 1 aromatic heterocycles. The largest absolute Gasteiger partial charge is 0.413 e. The number of nitrogens with one attached hydrogen (secondary N) is 1. The first-order valence-electron chi connectivity index (χ1n) is 3.23. The van der Waals surface area contributed by atoms with Gasteiger partial charge in [0.2, 0.25) is 5.88 Å². The van der Waals surface area contributed by atoms with Crippen LogP contribution in [0.15, 0.2) is 18.3 Å². The summed E-state index contributed by atoms with van der Waals surface area (Å²) in [6.45, 7) is 0. The summed E-state index contributed by atoms with van der Waals surface area (Å²) in [7, 11) is 1.42. The Bertz CT molecular complexity index is 273. The number of nitrogens with zero attached hydrogens (tertiary/aromatic N) is 1. The molecule has 1 amide bonds. The van der Waals surface area contributed by atoms with Gasteiger partial charge >= 0.3 is 6.09 Å². The summed E-state index contributed by atoms with van der Waals surface area (Å²) in [6.07, 6.45) is 0.340. The van der Waals surface area contributed by atoms with Gasteiger partial charge in [-0.3, -0.25) is 0 Å². The van der Waals surface area contributed by atoms with E-state index in [2.05, 4.69) is 15.0 Å². The summed E-state index contributed by atoms with van der Waals surface area (Å²) in [4.78, 5) is 14.1. The topological polar surface area (TPSA) is 51.2 Å². The minimum atomic E-state index is -0.630.